The van der Waals surface area contributed by atoms with E-state index in [0.717, 1.165) is 6.04 Å². The Balaban J connectivity index is 2.75. The zero-order valence-corrected chi connectivity index (χ0v) is 9.38. The summed E-state index contributed by atoms with van der Waals surface area (Å²) < 4.78 is 0. The van der Waals surface area contributed by atoms with Gasteiger partial charge >= 0.3 is 0 Å². The molecular formula is C11H17NSi. The minimum atomic E-state index is -1.45. The Bertz CT molecular complexity index is 282. The van der Waals surface area contributed by atoms with Crippen molar-refractivity contribution in [1.29, 1.82) is 0 Å². The second-order valence-electron chi connectivity index (χ2n) is 4.11. The van der Waals surface area contributed by atoms with Crippen LogP contribution in [-0.2, 0) is 6.04 Å². The molecule has 0 atom stereocenters. The molecule has 70 valence electrons. The molecule has 0 unspecified atom stereocenters. The zero-order valence-electron chi connectivity index (χ0n) is 8.38. The third-order valence-electron chi connectivity index (χ3n) is 1.88. The summed E-state index contributed by atoms with van der Waals surface area (Å²) in [5.41, 5.74) is 2.50. The summed E-state index contributed by atoms with van der Waals surface area (Å²) in [5.74, 6) is 0. The van der Waals surface area contributed by atoms with E-state index < -0.39 is 8.24 Å². The molecule has 0 aromatic heterocycles. The number of nitrogens with two attached hydrogens (primary N) is 1. The Labute approximate surface area is 81.4 Å². The highest BCUT2D eigenvalue weighted by Crippen LogP contribution is 2.09. The quantitative estimate of drug-likeness (QED) is 0.730. The second kappa shape index (κ2) is 3.90. The van der Waals surface area contributed by atoms with Crippen LogP contribution in [0, 0.1) is 0 Å². The highest BCUT2D eigenvalue weighted by atomic mass is 28.3. The summed E-state index contributed by atoms with van der Waals surface area (Å²) in [6, 6.07) is 9.49. The maximum Gasteiger partial charge on any atom is 0.121 e. The molecule has 2 heteroatoms. The van der Waals surface area contributed by atoms with Gasteiger partial charge in [0.25, 0.3) is 0 Å². The van der Waals surface area contributed by atoms with Gasteiger partial charge in [-0.25, -0.2) is 0 Å². The van der Waals surface area contributed by atoms with Gasteiger partial charge in [0.2, 0.25) is 0 Å². The predicted octanol–water partition coefficient (Wildman–Crippen LogP) is 2.58. The molecule has 0 saturated heterocycles. The third kappa shape index (κ3) is 3.57. The second-order valence-corrected chi connectivity index (χ2v) is 8.44. The Hall–Kier alpha value is -0.863. The summed E-state index contributed by atoms with van der Waals surface area (Å²) in [5, 5.41) is 6.06. The summed E-state index contributed by atoms with van der Waals surface area (Å²) in [7, 11) is -1.45. The monoisotopic (exact) mass is 191 g/mol. The van der Waals surface area contributed by atoms with E-state index in [0.29, 0.717) is 0 Å². The maximum atomic E-state index is 6.06. The van der Waals surface area contributed by atoms with Crippen molar-refractivity contribution < 1.29 is 0 Å². The van der Waals surface area contributed by atoms with Gasteiger partial charge in [-0.15, -0.1) is 0 Å². The maximum absolute atomic E-state index is 6.06. The van der Waals surface area contributed by atoms with Crippen LogP contribution in [0.4, 0.5) is 0 Å². The molecule has 2 N–H and O–H groups in total. The van der Waals surface area contributed by atoms with Crippen LogP contribution >= 0.6 is 0 Å². The van der Waals surface area contributed by atoms with Gasteiger partial charge in [-0.2, -0.15) is 0 Å². The average Bonchev–Trinajstić information content (AvgIpc) is 2.03. The standard InChI is InChI=1S/C11H17NSi/c1-4-10-5-7-11(8-6-10)9-13(2,3)12/h4-8H,1,9,12H2,2-3H3. The van der Waals surface area contributed by atoms with Gasteiger partial charge in [-0.3, -0.25) is 0 Å². The number of benzene rings is 1. The average molecular weight is 191 g/mol. The van der Waals surface area contributed by atoms with Crippen LogP contribution < -0.4 is 5.40 Å². The topological polar surface area (TPSA) is 26.0 Å². The van der Waals surface area contributed by atoms with E-state index in [2.05, 4.69) is 43.9 Å². The van der Waals surface area contributed by atoms with E-state index in [1.54, 1.807) is 0 Å². The highest BCUT2D eigenvalue weighted by Gasteiger charge is 2.14. The van der Waals surface area contributed by atoms with Gasteiger partial charge in [-0.05, 0) is 17.2 Å². The van der Waals surface area contributed by atoms with Crippen molar-refractivity contribution >= 4 is 14.3 Å². The van der Waals surface area contributed by atoms with Gasteiger partial charge in [-0.1, -0.05) is 50.0 Å². The summed E-state index contributed by atoms with van der Waals surface area (Å²) in [6.07, 6.45) is 1.86. The Kier molecular flexibility index (Phi) is 3.06. The first-order valence-corrected chi connectivity index (χ1v) is 7.80. The molecule has 0 saturated carbocycles. The first-order valence-electron chi connectivity index (χ1n) is 4.51. The van der Waals surface area contributed by atoms with Crippen molar-refractivity contribution in [3.63, 3.8) is 0 Å². The molecule has 1 rings (SSSR count). The minimum Gasteiger partial charge on any atom is -0.351 e. The number of rotatable bonds is 3. The van der Waals surface area contributed by atoms with Crippen LogP contribution in [0.5, 0.6) is 0 Å². The first-order chi connectivity index (χ1) is 6.01. The van der Waals surface area contributed by atoms with Crippen molar-refractivity contribution in [3.05, 3.63) is 42.0 Å². The smallest absolute Gasteiger partial charge is 0.121 e. The molecule has 13 heavy (non-hydrogen) atoms. The molecule has 0 spiro atoms. The van der Waals surface area contributed by atoms with E-state index in [9.17, 15) is 0 Å². The van der Waals surface area contributed by atoms with E-state index in [1.165, 1.54) is 11.1 Å². The van der Waals surface area contributed by atoms with Gasteiger partial charge in [0.1, 0.15) is 8.24 Å². The van der Waals surface area contributed by atoms with Crippen LogP contribution in [0.15, 0.2) is 30.8 Å². The summed E-state index contributed by atoms with van der Waals surface area (Å²) >= 11 is 0. The van der Waals surface area contributed by atoms with Crippen LogP contribution in [0.1, 0.15) is 11.1 Å². The Morgan fingerprint density at radius 1 is 1.31 bits per heavy atom. The van der Waals surface area contributed by atoms with Crippen molar-refractivity contribution in [2.75, 3.05) is 0 Å². The molecule has 1 aromatic carbocycles. The van der Waals surface area contributed by atoms with Crippen LogP contribution in [0.3, 0.4) is 0 Å². The molecule has 0 amide bonds. The SMILES string of the molecule is C=Cc1ccc(C[Si](C)(C)N)cc1. The van der Waals surface area contributed by atoms with Crippen molar-refractivity contribution in [3.8, 4) is 0 Å². The van der Waals surface area contributed by atoms with Crippen LogP contribution in [0.2, 0.25) is 13.1 Å². The Morgan fingerprint density at radius 2 is 1.85 bits per heavy atom. The lowest BCUT2D eigenvalue weighted by Gasteiger charge is -2.15. The lowest BCUT2D eigenvalue weighted by Crippen LogP contribution is -2.41. The van der Waals surface area contributed by atoms with E-state index in [-0.39, 0.29) is 0 Å². The van der Waals surface area contributed by atoms with Gasteiger partial charge in [0.05, 0.1) is 0 Å². The van der Waals surface area contributed by atoms with Gasteiger partial charge < -0.3 is 5.40 Å². The number of hydrogen-bond acceptors (Lipinski definition) is 1. The molecule has 0 aliphatic rings. The summed E-state index contributed by atoms with van der Waals surface area (Å²) in [6.45, 7) is 8.07. The fraction of sp³-hybridized carbons (Fsp3) is 0.273. The lowest BCUT2D eigenvalue weighted by atomic mass is 10.1. The molecule has 1 aromatic rings. The van der Waals surface area contributed by atoms with Crippen molar-refractivity contribution in [2.24, 2.45) is 5.40 Å². The summed E-state index contributed by atoms with van der Waals surface area (Å²) in [4.78, 5) is 0. The van der Waals surface area contributed by atoms with Crippen molar-refractivity contribution in [2.45, 2.75) is 19.1 Å². The van der Waals surface area contributed by atoms with E-state index >= 15 is 0 Å². The normalized spacial score (nSPS) is 11.3. The van der Waals surface area contributed by atoms with Crippen LogP contribution in [-0.4, -0.2) is 8.24 Å². The molecule has 0 fully saturated rings. The van der Waals surface area contributed by atoms with Crippen LogP contribution in [0.25, 0.3) is 6.08 Å². The highest BCUT2D eigenvalue weighted by molar-refractivity contribution is 6.73. The molecule has 0 bridgehead atoms. The minimum absolute atomic E-state index is 1.05. The molecule has 0 aliphatic carbocycles. The fourth-order valence-corrected chi connectivity index (χ4v) is 2.59. The molecule has 0 heterocycles. The number of hydrogen-bond donors (Lipinski definition) is 1. The Morgan fingerprint density at radius 3 is 2.23 bits per heavy atom. The molecule has 0 aliphatic heterocycles. The van der Waals surface area contributed by atoms with Gasteiger partial charge in [0.15, 0.2) is 0 Å². The van der Waals surface area contributed by atoms with E-state index in [4.69, 9.17) is 5.40 Å². The lowest BCUT2D eigenvalue weighted by molar-refractivity contribution is 1.28. The largest absolute Gasteiger partial charge is 0.351 e. The molecule has 1 nitrogen and oxygen atoms in total. The predicted molar refractivity (Wildman–Crippen MR) is 61.9 cm³/mol. The third-order valence-corrected chi connectivity index (χ3v) is 3.19. The molecular weight excluding hydrogens is 174 g/mol. The van der Waals surface area contributed by atoms with Gasteiger partial charge in [0, 0.05) is 0 Å². The van der Waals surface area contributed by atoms with E-state index in [1.807, 2.05) is 6.08 Å². The fourth-order valence-electron chi connectivity index (χ4n) is 1.30. The van der Waals surface area contributed by atoms with Crippen molar-refractivity contribution in [1.82, 2.24) is 0 Å². The molecule has 0 radical (unpaired) electrons. The zero-order chi connectivity index (χ0) is 9.90. The first kappa shape index (κ1) is 10.2.